The maximum atomic E-state index is 5.43. The monoisotopic (exact) mass is 343 g/mol. The van der Waals surface area contributed by atoms with Gasteiger partial charge in [-0.05, 0) is 19.1 Å². The Morgan fingerprint density at radius 3 is 2.54 bits per heavy atom. The summed E-state index contributed by atoms with van der Waals surface area (Å²) in [5.41, 5.74) is 1.36. The summed E-state index contributed by atoms with van der Waals surface area (Å²) in [4.78, 5) is 8.83. The number of aromatic nitrogens is 4. The first kappa shape index (κ1) is 16.1. The number of thiazole rings is 1. The molecule has 0 aliphatic carbocycles. The van der Waals surface area contributed by atoms with Crippen molar-refractivity contribution in [1.29, 1.82) is 0 Å². The molecule has 0 aliphatic rings. The van der Waals surface area contributed by atoms with Gasteiger partial charge in [0.05, 0.1) is 32.0 Å². The van der Waals surface area contributed by atoms with Gasteiger partial charge in [0.15, 0.2) is 0 Å². The van der Waals surface area contributed by atoms with Gasteiger partial charge in [-0.3, -0.25) is 0 Å². The number of nitrogens with one attached hydrogen (secondary N) is 1. The summed E-state index contributed by atoms with van der Waals surface area (Å²) in [6.45, 7) is 2.00. The summed E-state index contributed by atoms with van der Waals surface area (Å²) in [6.07, 6.45) is 3.35. The fourth-order valence-electron chi connectivity index (χ4n) is 2.29. The van der Waals surface area contributed by atoms with Crippen LogP contribution in [0.3, 0.4) is 0 Å². The Bertz CT molecular complexity index is 788. The van der Waals surface area contributed by atoms with Crippen LogP contribution in [0.15, 0.2) is 36.0 Å². The van der Waals surface area contributed by atoms with E-state index in [0.717, 1.165) is 10.6 Å². The normalized spacial score (nSPS) is 11.8. The van der Waals surface area contributed by atoms with Gasteiger partial charge >= 0.3 is 0 Å². The highest BCUT2D eigenvalue weighted by Crippen LogP contribution is 2.37. The minimum atomic E-state index is -0.0124. The molecule has 2 heterocycles. The molecule has 1 unspecified atom stereocenters. The SMILES string of the molecule is COc1cccc(OC)c1-c1cnnc(NC(C)c2nccs2)n1. The molecular formula is C16H17N5O2S. The van der Waals surface area contributed by atoms with Crippen LogP contribution in [0, 0.1) is 0 Å². The summed E-state index contributed by atoms with van der Waals surface area (Å²) >= 11 is 1.57. The van der Waals surface area contributed by atoms with Crippen LogP contribution in [0.2, 0.25) is 0 Å². The highest BCUT2D eigenvalue weighted by atomic mass is 32.1. The van der Waals surface area contributed by atoms with E-state index in [-0.39, 0.29) is 6.04 Å². The lowest BCUT2D eigenvalue weighted by atomic mass is 10.1. The highest BCUT2D eigenvalue weighted by molar-refractivity contribution is 7.09. The van der Waals surface area contributed by atoms with Gasteiger partial charge in [-0.2, -0.15) is 5.10 Å². The lowest BCUT2D eigenvalue weighted by molar-refractivity contribution is 0.397. The van der Waals surface area contributed by atoms with Gasteiger partial charge in [0.25, 0.3) is 0 Å². The lowest BCUT2D eigenvalue weighted by Gasteiger charge is -2.14. The van der Waals surface area contributed by atoms with E-state index in [4.69, 9.17) is 9.47 Å². The van der Waals surface area contributed by atoms with Gasteiger partial charge < -0.3 is 14.8 Å². The number of ether oxygens (including phenoxy) is 2. The van der Waals surface area contributed by atoms with Crippen molar-refractivity contribution in [3.63, 3.8) is 0 Å². The second-order valence-electron chi connectivity index (χ2n) is 4.94. The average Bonchev–Trinajstić information content (AvgIpc) is 3.16. The Kier molecular flexibility index (Phi) is 4.85. The van der Waals surface area contributed by atoms with Crippen LogP contribution in [-0.2, 0) is 0 Å². The molecule has 0 amide bonds. The van der Waals surface area contributed by atoms with E-state index in [1.807, 2.05) is 30.5 Å². The highest BCUT2D eigenvalue weighted by Gasteiger charge is 2.16. The molecule has 124 valence electrons. The molecule has 1 N–H and O–H groups in total. The second kappa shape index (κ2) is 7.22. The van der Waals surface area contributed by atoms with Crippen LogP contribution in [0.1, 0.15) is 18.0 Å². The number of benzene rings is 1. The third kappa shape index (κ3) is 3.28. The molecule has 8 heteroatoms. The van der Waals surface area contributed by atoms with E-state index in [1.165, 1.54) is 0 Å². The van der Waals surface area contributed by atoms with Crippen molar-refractivity contribution in [1.82, 2.24) is 20.2 Å². The van der Waals surface area contributed by atoms with E-state index in [0.29, 0.717) is 23.1 Å². The minimum Gasteiger partial charge on any atom is -0.496 e. The number of rotatable bonds is 6. The third-order valence-corrected chi connectivity index (χ3v) is 4.37. The zero-order chi connectivity index (χ0) is 16.9. The van der Waals surface area contributed by atoms with Gasteiger partial charge in [0.1, 0.15) is 22.2 Å². The van der Waals surface area contributed by atoms with Crippen LogP contribution in [0.25, 0.3) is 11.3 Å². The maximum Gasteiger partial charge on any atom is 0.243 e. The molecule has 3 aromatic rings. The molecule has 0 fully saturated rings. The smallest absolute Gasteiger partial charge is 0.243 e. The van der Waals surface area contributed by atoms with Crippen LogP contribution >= 0.6 is 11.3 Å². The molecule has 0 aliphatic heterocycles. The van der Waals surface area contributed by atoms with E-state index in [2.05, 4.69) is 25.5 Å². The van der Waals surface area contributed by atoms with Gasteiger partial charge in [0.2, 0.25) is 5.95 Å². The Morgan fingerprint density at radius 1 is 1.17 bits per heavy atom. The summed E-state index contributed by atoms with van der Waals surface area (Å²) in [5.74, 6) is 1.74. The predicted molar refractivity (Wildman–Crippen MR) is 92.5 cm³/mol. The first-order valence-electron chi connectivity index (χ1n) is 7.30. The Hall–Kier alpha value is -2.74. The molecule has 0 saturated carbocycles. The van der Waals surface area contributed by atoms with Crippen molar-refractivity contribution in [2.75, 3.05) is 19.5 Å². The second-order valence-corrected chi connectivity index (χ2v) is 5.87. The van der Waals surface area contributed by atoms with Gasteiger partial charge in [-0.1, -0.05) is 6.07 Å². The molecule has 1 aromatic carbocycles. The zero-order valence-electron chi connectivity index (χ0n) is 13.6. The standard InChI is InChI=1S/C16H17N5O2S/c1-10(15-17-7-8-24-15)19-16-20-11(9-18-21-16)14-12(22-2)5-4-6-13(14)23-3/h4-10H,1-3H3,(H,19,20,21). The molecule has 0 bridgehead atoms. The van der Waals surface area contributed by atoms with Crippen LogP contribution in [0.5, 0.6) is 11.5 Å². The van der Waals surface area contributed by atoms with Crippen molar-refractivity contribution >= 4 is 17.3 Å². The van der Waals surface area contributed by atoms with E-state index < -0.39 is 0 Å². The minimum absolute atomic E-state index is 0.0124. The molecule has 0 radical (unpaired) electrons. The zero-order valence-corrected chi connectivity index (χ0v) is 14.4. The summed E-state index contributed by atoms with van der Waals surface area (Å²) in [7, 11) is 3.22. The first-order valence-corrected chi connectivity index (χ1v) is 8.18. The Balaban J connectivity index is 1.94. The fourth-order valence-corrected chi connectivity index (χ4v) is 2.94. The quantitative estimate of drug-likeness (QED) is 0.736. The molecule has 3 rings (SSSR count). The predicted octanol–water partition coefficient (Wildman–Crippen LogP) is 3.19. The molecular weight excluding hydrogens is 326 g/mol. The van der Waals surface area contributed by atoms with Crippen molar-refractivity contribution < 1.29 is 9.47 Å². The Morgan fingerprint density at radius 2 is 1.92 bits per heavy atom. The van der Waals surface area contributed by atoms with Gasteiger partial charge in [0, 0.05) is 11.6 Å². The van der Waals surface area contributed by atoms with Crippen LogP contribution in [-0.4, -0.2) is 34.4 Å². The van der Waals surface area contributed by atoms with Gasteiger partial charge in [-0.25, -0.2) is 9.97 Å². The summed E-state index contributed by atoms with van der Waals surface area (Å²) in [6, 6.07) is 5.55. The van der Waals surface area contributed by atoms with Crippen molar-refractivity contribution in [2.45, 2.75) is 13.0 Å². The molecule has 2 aromatic heterocycles. The molecule has 7 nitrogen and oxygen atoms in total. The third-order valence-electron chi connectivity index (χ3n) is 3.41. The van der Waals surface area contributed by atoms with Crippen molar-refractivity contribution in [3.8, 4) is 22.8 Å². The molecule has 0 spiro atoms. The number of hydrogen-bond acceptors (Lipinski definition) is 8. The maximum absolute atomic E-state index is 5.43. The lowest BCUT2D eigenvalue weighted by Crippen LogP contribution is -2.10. The fraction of sp³-hybridized carbons (Fsp3) is 0.250. The first-order chi connectivity index (χ1) is 11.7. The number of nitrogens with zero attached hydrogens (tertiary/aromatic N) is 4. The van der Waals surface area contributed by atoms with Crippen molar-refractivity contribution in [2.24, 2.45) is 0 Å². The topological polar surface area (TPSA) is 82.0 Å². The van der Waals surface area contributed by atoms with Crippen molar-refractivity contribution in [3.05, 3.63) is 41.0 Å². The molecule has 1 atom stereocenters. The number of anilines is 1. The van der Waals surface area contributed by atoms with E-state index in [9.17, 15) is 0 Å². The number of methoxy groups -OCH3 is 2. The Labute approximate surface area is 143 Å². The summed E-state index contributed by atoms with van der Waals surface area (Å²) < 4.78 is 10.9. The molecule has 0 saturated heterocycles. The molecule has 24 heavy (non-hydrogen) atoms. The number of hydrogen-bond donors (Lipinski definition) is 1. The van der Waals surface area contributed by atoms with Gasteiger partial charge in [-0.15, -0.1) is 16.4 Å². The summed E-state index contributed by atoms with van der Waals surface area (Å²) in [5, 5.41) is 14.2. The van der Waals surface area contributed by atoms with Crippen LogP contribution < -0.4 is 14.8 Å². The largest absolute Gasteiger partial charge is 0.496 e. The van der Waals surface area contributed by atoms with Crippen LogP contribution in [0.4, 0.5) is 5.95 Å². The van der Waals surface area contributed by atoms with E-state index in [1.54, 1.807) is 38.0 Å². The average molecular weight is 343 g/mol. The van der Waals surface area contributed by atoms with E-state index >= 15 is 0 Å².